The summed E-state index contributed by atoms with van der Waals surface area (Å²) in [6.07, 6.45) is 1.06. The van der Waals surface area contributed by atoms with Crippen LogP contribution in [0.4, 0.5) is 0 Å². The van der Waals surface area contributed by atoms with Crippen molar-refractivity contribution in [2.24, 2.45) is 0 Å². The molecule has 0 aromatic carbocycles. The molecule has 3 unspecified atom stereocenters. The summed E-state index contributed by atoms with van der Waals surface area (Å²) in [5.41, 5.74) is 0. The largest absolute Gasteiger partial charge is 0.367 e. The minimum absolute atomic E-state index is 0.117. The summed E-state index contributed by atoms with van der Waals surface area (Å²) >= 11 is 0. The van der Waals surface area contributed by atoms with Gasteiger partial charge in [0.15, 0.2) is 0 Å². The zero-order chi connectivity index (χ0) is 6.43. The van der Waals surface area contributed by atoms with Crippen LogP contribution in [0.1, 0.15) is 6.42 Å². The molecule has 2 rings (SSSR count). The van der Waals surface area contributed by atoms with Crippen LogP contribution in [0.15, 0.2) is 0 Å². The van der Waals surface area contributed by atoms with Gasteiger partial charge in [-0.05, 0) is 0 Å². The lowest BCUT2D eigenvalue weighted by molar-refractivity contribution is -0.507. The lowest BCUT2D eigenvalue weighted by Crippen LogP contribution is -2.37. The van der Waals surface area contributed by atoms with Crippen molar-refractivity contribution < 1.29 is 20.0 Å². The van der Waals surface area contributed by atoms with Crippen molar-refractivity contribution in [2.75, 3.05) is 0 Å². The van der Waals surface area contributed by atoms with Crippen LogP contribution in [-0.4, -0.2) is 34.1 Å². The van der Waals surface area contributed by atoms with E-state index in [9.17, 15) is 0 Å². The van der Waals surface area contributed by atoms with Gasteiger partial charge in [-0.2, -0.15) is 0 Å². The smallest absolute Gasteiger partial charge is 0.116 e. The van der Waals surface area contributed by atoms with Crippen molar-refractivity contribution in [3.8, 4) is 0 Å². The fourth-order valence-electron chi connectivity index (χ4n) is 1.06. The fraction of sp³-hybridized carbons (Fsp3) is 1.00. The molecule has 3 atom stereocenters. The van der Waals surface area contributed by atoms with Gasteiger partial charge < -0.3 is 4.74 Å². The first-order chi connectivity index (χ1) is 4.27. The Morgan fingerprint density at radius 3 is 2.67 bits per heavy atom. The third-order valence-electron chi connectivity index (χ3n) is 1.68. The van der Waals surface area contributed by atoms with Crippen LogP contribution >= 0.6 is 0 Å². The standard InChI is InChI=1S/C4H7NO4/c6-5(7)9-3-1-2-4(3)8-2/h2-4,6-7H,1H2. The highest BCUT2D eigenvalue weighted by Gasteiger charge is 2.58. The van der Waals surface area contributed by atoms with Gasteiger partial charge in [-0.25, -0.2) is 4.84 Å². The number of ether oxygens (including phenoxy) is 1. The highest BCUT2D eigenvalue weighted by molar-refractivity contribution is 5.04. The van der Waals surface area contributed by atoms with Crippen molar-refractivity contribution >= 4 is 0 Å². The maximum atomic E-state index is 8.14. The second kappa shape index (κ2) is 1.65. The molecule has 52 valence electrons. The van der Waals surface area contributed by atoms with Crippen LogP contribution in [-0.2, 0) is 9.57 Å². The molecule has 1 saturated carbocycles. The van der Waals surface area contributed by atoms with Gasteiger partial charge in [0, 0.05) is 6.42 Å². The van der Waals surface area contributed by atoms with Gasteiger partial charge in [0.1, 0.15) is 12.2 Å². The first-order valence-electron chi connectivity index (χ1n) is 2.77. The summed E-state index contributed by atoms with van der Waals surface area (Å²) in [6, 6.07) is 0. The second-order valence-electron chi connectivity index (χ2n) is 2.27. The highest BCUT2D eigenvalue weighted by Crippen LogP contribution is 2.43. The molecule has 0 spiro atoms. The van der Waals surface area contributed by atoms with E-state index in [1.165, 1.54) is 0 Å². The topological polar surface area (TPSA) is 65.5 Å². The Morgan fingerprint density at radius 1 is 1.56 bits per heavy atom. The molecule has 0 aromatic heterocycles. The summed E-state index contributed by atoms with van der Waals surface area (Å²) in [6.45, 7) is 0. The Labute approximate surface area is 51.3 Å². The molecule has 5 nitrogen and oxygen atoms in total. The van der Waals surface area contributed by atoms with Crippen LogP contribution in [0, 0.1) is 0 Å². The van der Waals surface area contributed by atoms with Gasteiger partial charge in [-0.15, -0.1) is 0 Å². The normalized spacial score (nSPS) is 46.3. The predicted octanol–water partition coefficient (Wildman–Crippen LogP) is -0.462. The van der Waals surface area contributed by atoms with E-state index in [0.717, 1.165) is 6.42 Å². The number of hydrogen-bond acceptors (Lipinski definition) is 5. The number of hydrogen-bond donors (Lipinski definition) is 2. The molecule has 1 heterocycles. The molecule has 0 amide bonds. The average molecular weight is 133 g/mol. The van der Waals surface area contributed by atoms with E-state index in [4.69, 9.17) is 15.2 Å². The molecule has 0 aromatic rings. The molecule has 1 saturated heterocycles. The summed E-state index contributed by atoms with van der Waals surface area (Å²) in [5, 5.41) is 16.0. The Kier molecular flexibility index (Phi) is 1.02. The fourth-order valence-corrected chi connectivity index (χ4v) is 1.06. The van der Waals surface area contributed by atoms with E-state index in [1.54, 1.807) is 0 Å². The van der Waals surface area contributed by atoms with Crippen molar-refractivity contribution in [3.63, 3.8) is 0 Å². The van der Waals surface area contributed by atoms with Gasteiger partial charge in [-0.3, -0.25) is 10.4 Å². The first-order valence-corrected chi connectivity index (χ1v) is 2.77. The van der Waals surface area contributed by atoms with Crippen molar-refractivity contribution in [1.29, 1.82) is 0 Å². The van der Waals surface area contributed by atoms with Gasteiger partial charge in [0.05, 0.1) is 11.5 Å². The Hall–Kier alpha value is -0.200. The maximum absolute atomic E-state index is 8.14. The zero-order valence-corrected chi connectivity index (χ0v) is 4.60. The molecule has 2 aliphatic rings. The van der Waals surface area contributed by atoms with Gasteiger partial charge in [-0.1, -0.05) is 0 Å². The van der Waals surface area contributed by atoms with Gasteiger partial charge >= 0.3 is 0 Å². The molecule has 1 aliphatic carbocycles. The Bertz CT molecular complexity index is 128. The molecule has 0 radical (unpaired) electrons. The molecule has 2 N–H and O–H groups in total. The zero-order valence-electron chi connectivity index (χ0n) is 4.60. The van der Waals surface area contributed by atoms with Crippen molar-refractivity contribution in [2.45, 2.75) is 24.7 Å². The van der Waals surface area contributed by atoms with E-state index in [2.05, 4.69) is 4.84 Å². The van der Waals surface area contributed by atoms with Crippen molar-refractivity contribution in [1.82, 2.24) is 5.39 Å². The molecule has 5 heteroatoms. The lowest BCUT2D eigenvalue weighted by Gasteiger charge is -2.20. The van der Waals surface area contributed by atoms with Crippen molar-refractivity contribution in [3.05, 3.63) is 0 Å². The molecule has 9 heavy (non-hydrogen) atoms. The van der Waals surface area contributed by atoms with E-state index < -0.39 is 0 Å². The Morgan fingerprint density at radius 2 is 2.33 bits per heavy atom. The lowest BCUT2D eigenvalue weighted by atomic mass is 9.97. The van der Waals surface area contributed by atoms with E-state index in [1.807, 2.05) is 0 Å². The van der Waals surface area contributed by atoms with Crippen LogP contribution < -0.4 is 0 Å². The molecular weight excluding hydrogens is 126 g/mol. The second-order valence-corrected chi connectivity index (χ2v) is 2.27. The molecular formula is C4H7NO4. The Balaban J connectivity index is 1.75. The van der Waals surface area contributed by atoms with E-state index >= 15 is 0 Å². The molecule has 1 aliphatic heterocycles. The highest BCUT2D eigenvalue weighted by atomic mass is 17.1. The number of fused-ring (bicyclic) bond motifs is 1. The number of epoxide rings is 1. The minimum Gasteiger partial charge on any atom is -0.367 e. The molecule has 0 bridgehead atoms. The summed E-state index contributed by atoms with van der Waals surface area (Å²) < 4.78 is 4.97. The predicted molar refractivity (Wildman–Crippen MR) is 23.6 cm³/mol. The summed E-state index contributed by atoms with van der Waals surface area (Å²) in [7, 11) is 0. The number of nitrogens with zero attached hydrogens (tertiary/aromatic N) is 1. The van der Waals surface area contributed by atoms with Gasteiger partial charge in [0.25, 0.3) is 0 Å². The molecule has 2 fully saturated rings. The van der Waals surface area contributed by atoms with E-state index in [0.29, 0.717) is 6.10 Å². The average Bonchev–Trinajstić information content (AvgIpc) is 2.35. The number of rotatable bonds is 2. The van der Waals surface area contributed by atoms with Crippen LogP contribution in [0.5, 0.6) is 0 Å². The third kappa shape index (κ3) is 0.828. The minimum atomic E-state index is -0.261. The quantitative estimate of drug-likeness (QED) is 0.394. The summed E-state index contributed by atoms with van der Waals surface area (Å²) in [5.74, 6) is 0. The van der Waals surface area contributed by atoms with Crippen LogP contribution in [0.2, 0.25) is 0 Å². The maximum Gasteiger partial charge on any atom is 0.116 e. The monoisotopic (exact) mass is 133 g/mol. The van der Waals surface area contributed by atoms with E-state index in [-0.39, 0.29) is 17.6 Å². The first kappa shape index (κ1) is 5.57. The van der Waals surface area contributed by atoms with Crippen LogP contribution in [0.25, 0.3) is 0 Å². The third-order valence-corrected chi connectivity index (χ3v) is 1.68. The SMILES string of the molecule is ON(O)OC1CC2OC21. The summed E-state index contributed by atoms with van der Waals surface area (Å²) in [4.78, 5) is 4.46. The van der Waals surface area contributed by atoms with Gasteiger partial charge in [0.2, 0.25) is 0 Å². The van der Waals surface area contributed by atoms with Crippen LogP contribution in [0.3, 0.4) is 0 Å².